The summed E-state index contributed by atoms with van der Waals surface area (Å²) in [6.07, 6.45) is 0.996. The lowest BCUT2D eigenvalue weighted by Gasteiger charge is -2.22. The zero-order valence-corrected chi connectivity index (χ0v) is 15.0. The van der Waals surface area contributed by atoms with Gasteiger partial charge in [0.05, 0.1) is 24.9 Å². The number of carbonyl (C=O) groups is 2. The number of furan rings is 1. The number of ketones is 1. The molecule has 0 saturated heterocycles. The van der Waals surface area contributed by atoms with Crippen LogP contribution in [0.25, 0.3) is 0 Å². The molecule has 0 spiro atoms. The number of hydrogen-bond acceptors (Lipinski definition) is 4. The number of nitrogens with zero attached hydrogens (tertiary/aromatic N) is 1. The Hall–Kier alpha value is -2.89. The van der Waals surface area contributed by atoms with Gasteiger partial charge in [0.2, 0.25) is 5.78 Å². The monoisotopic (exact) mass is 381 g/mol. The maximum Gasteiger partial charge on any atom is 0.264 e. The van der Waals surface area contributed by atoms with Crippen molar-refractivity contribution in [1.82, 2.24) is 0 Å². The predicted molar refractivity (Wildman–Crippen MR) is 101 cm³/mol. The first-order valence-corrected chi connectivity index (χ1v) is 8.82. The van der Waals surface area contributed by atoms with E-state index in [-0.39, 0.29) is 18.7 Å². The standard InChI is InChI=1S/C21H16ClNO4/c22-15-6-3-5-14(11-15)13-23-17-8-2-1-7-16(17)21(26,20(23)25)12-18(24)19-9-4-10-27-19/h1-11,26H,12-13H2. The zero-order valence-electron chi connectivity index (χ0n) is 14.3. The molecule has 1 aliphatic heterocycles. The molecule has 0 fully saturated rings. The second-order valence-electron chi connectivity index (χ2n) is 6.48. The third-order valence-electron chi connectivity index (χ3n) is 4.68. The number of Topliss-reactive ketones (excluding diaryl/α,β-unsaturated/α-hetero) is 1. The van der Waals surface area contributed by atoms with Gasteiger partial charge in [-0.25, -0.2) is 0 Å². The minimum atomic E-state index is -1.93. The summed E-state index contributed by atoms with van der Waals surface area (Å²) in [6, 6.07) is 17.2. The van der Waals surface area contributed by atoms with E-state index in [2.05, 4.69) is 0 Å². The minimum Gasteiger partial charge on any atom is -0.461 e. The Kier molecular flexibility index (Phi) is 4.34. The second kappa shape index (κ2) is 6.68. The molecule has 4 rings (SSSR count). The Labute approximate surface area is 160 Å². The van der Waals surface area contributed by atoms with Crippen molar-refractivity contribution in [2.75, 3.05) is 4.90 Å². The highest BCUT2D eigenvalue weighted by Crippen LogP contribution is 2.43. The van der Waals surface area contributed by atoms with Crippen molar-refractivity contribution in [3.05, 3.63) is 88.8 Å². The van der Waals surface area contributed by atoms with Crippen molar-refractivity contribution in [3.8, 4) is 0 Å². The molecule has 1 N–H and O–H groups in total. The van der Waals surface area contributed by atoms with Crippen molar-refractivity contribution >= 4 is 29.0 Å². The van der Waals surface area contributed by atoms with Crippen LogP contribution in [-0.2, 0) is 16.9 Å². The molecule has 0 saturated carbocycles. The molecule has 1 aliphatic rings. The summed E-state index contributed by atoms with van der Waals surface area (Å²) in [5.74, 6) is -0.860. The maximum absolute atomic E-state index is 13.1. The van der Waals surface area contributed by atoms with Gasteiger partial charge in [0.15, 0.2) is 11.4 Å². The molecule has 136 valence electrons. The van der Waals surface area contributed by atoms with E-state index < -0.39 is 17.3 Å². The Morgan fingerprint density at radius 3 is 2.67 bits per heavy atom. The van der Waals surface area contributed by atoms with Gasteiger partial charge in [-0.1, -0.05) is 41.9 Å². The molecule has 3 aromatic rings. The van der Waals surface area contributed by atoms with Gasteiger partial charge in [0.25, 0.3) is 5.91 Å². The molecular weight excluding hydrogens is 366 g/mol. The Morgan fingerprint density at radius 2 is 1.93 bits per heavy atom. The normalized spacial score (nSPS) is 18.6. The van der Waals surface area contributed by atoms with Crippen LogP contribution >= 0.6 is 11.6 Å². The van der Waals surface area contributed by atoms with Gasteiger partial charge in [-0.2, -0.15) is 0 Å². The van der Waals surface area contributed by atoms with Crippen molar-refractivity contribution < 1.29 is 19.1 Å². The summed E-state index contributed by atoms with van der Waals surface area (Å²) in [5, 5.41) is 11.8. The van der Waals surface area contributed by atoms with Crippen LogP contribution in [0.1, 0.15) is 28.1 Å². The van der Waals surface area contributed by atoms with Gasteiger partial charge in [-0.15, -0.1) is 0 Å². The van der Waals surface area contributed by atoms with Crippen LogP contribution in [0, 0.1) is 0 Å². The predicted octanol–water partition coefficient (Wildman–Crippen LogP) is 3.94. The smallest absolute Gasteiger partial charge is 0.264 e. The van der Waals surface area contributed by atoms with E-state index in [9.17, 15) is 14.7 Å². The number of fused-ring (bicyclic) bond motifs is 1. The molecule has 1 unspecified atom stereocenters. The largest absolute Gasteiger partial charge is 0.461 e. The van der Waals surface area contributed by atoms with E-state index in [1.165, 1.54) is 17.2 Å². The summed E-state index contributed by atoms with van der Waals surface area (Å²) in [5.41, 5.74) is -0.111. The Balaban J connectivity index is 1.69. The highest BCUT2D eigenvalue weighted by molar-refractivity contribution is 6.30. The number of hydrogen-bond donors (Lipinski definition) is 1. The van der Waals surface area contributed by atoms with Crippen LogP contribution in [0.2, 0.25) is 5.02 Å². The highest BCUT2D eigenvalue weighted by atomic mass is 35.5. The first-order valence-electron chi connectivity index (χ1n) is 8.44. The number of carbonyl (C=O) groups excluding carboxylic acids is 2. The van der Waals surface area contributed by atoms with Gasteiger partial charge in [-0.3, -0.25) is 9.59 Å². The van der Waals surface area contributed by atoms with Gasteiger partial charge in [0, 0.05) is 10.6 Å². The molecule has 1 aromatic heterocycles. The summed E-state index contributed by atoms with van der Waals surface area (Å²) in [7, 11) is 0. The van der Waals surface area contributed by atoms with Gasteiger partial charge >= 0.3 is 0 Å². The number of amides is 1. The third-order valence-corrected chi connectivity index (χ3v) is 4.92. The lowest BCUT2D eigenvalue weighted by molar-refractivity contribution is -0.136. The van der Waals surface area contributed by atoms with Crippen LogP contribution < -0.4 is 4.90 Å². The third kappa shape index (κ3) is 3.05. The van der Waals surface area contributed by atoms with Gasteiger partial charge in [-0.05, 0) is 35.9 Å². The van der Waals surface area contributed by atoms with Crippen LogP contribution in [0.3, 0.4) is 0 Å². The summed E-state index contributed by atoms with van der Waals surface area (Å²) < 4.78 is 5.11. The summed E-state index contributed by atoms with van der Waals surface area (Å²) in [6.45, 7) is 0.244. The van der Waals surface area contributed by atoms with E-state index in [0.29, 0.717) is 16.3 Å². The van der Waals surface area contributed by atoms with E-state index >= 15 is 0 Å². The van der Waals surface area contributed by atoms with Crippen molar-refractivity contribution in [1.29, 1.82) is 0 Å². The lowest BCUT2D eigenvalue weighted by atomic mass is 9.89. The average Bonchev–Trinajstić information content (AvgIpc) is 3.26. The molecule has 5 nitrogen and oxygen atoms in total. The summed E-state index contributed by atoms with van der Waals surface area (Å²) in [4.78, 5) is 27.1. The van der Waals surface area contributed by atoms with Gasteiger partial charge < -0.3 is 14.4 Å². The Bertz CT molecular complexity index is 1010. The molecule has 1 amide bonds. The topological polar surface area (TPSA) is 70.8 Å². The van der Waals surface area contributed by atoms with E-state index in [1.54, 1.807) is 48.5 Å². The summed E-state index contributed by atoms with van der Waals surface area (Å²) >= 11 is 6.04. The average molecular weight is 382 g/mol. The molecular formula is C21H16ClNO4. The molecule has 1 atom stereocenters. The van der Waals surface area contributed by atoms with E-state index in [0.717, 1.165) is 5.56 Å². The first-order chi connectivity index (χ1) is 13.0. The fourth-order valence-electron chi connectivity index (χ4n) is 3.41. The number of halogens is 1. The van der Waals surface area contributed by atoms with Gasteiger partial charge in [0.1, 0.15) is 0 Å². The number of para-hydroxylation sites is 1. The second-order valence-corrected chi connectivity index (χ2v) is 6.91. The number of aliphatic hydroxyl groups is 1. The van der Waals surface area contributed by atoms with Crippen LogP contribution in [-0.4, -0.2) is 16.8 Å². The van der Waals surface area contributed by atoms with Crippen molar-refractivity contribution in [2.45, 2.75) is 18.6 Å². The quantitative estimate of drug-likeness (QED) is 0.679. The molecule has 0 aliphatic carbocycles. The SMILES string of the molecule is O=C(CC1(O)C(=O)N(Cc2cccc(Cl)c2)c2ccccc21)c1ccco1. The van der Waals surface area contributed by atoms with Crippen molar-refractivity contribution in [2.24, 2.45) is 0 Å². The number of anilines is 1. The fraction of sp³-hybridized carbons (Fsp3) is 0.143. The molecule has 0 bridgehead atoms. The zero-order chi connectivity index (χ0) is 19.0. The van der Waals surface area contributed by atoms with E-state index in [4.69, 9.17) is 16.0 Å². The fourth-order valence-corrected chi connectivity index (χ4v) is 3.62. The molecule has 27 heavy (non-hydrogen) atoms. The molecule has 0 radical (unpaired) electrons. The first kappa shape index (κ1) is 17.5. The maximum atomic E-state index is 13.1. The van der Waals surface area contributed by atoms with Crippen LogP contribution in [0.15, 0.2) is 71.3 Å². The number of benzene rings is 2. The number of rotatable bonds is 5. The van der Waals surface area contributed by atoms with Crippen LogP contribution in [0.5, 0.6) is 0 Å². The minimum absolute atomic E-state index is 0.113. The molecule has 6 heteroatoms. The highest BCUT2D eigenvalue weighted by Gasteiger charge is 2.51. The van der Waals surface area contributed by atoms with Crippen LogP contribution in [0.4, 0.5) is 5.69 Å². The van der Waals surface area contributed by atoms with Crippen molar-refractivity contribution in [3.63, 3.8) is 0 Å². The van der Waals surface area contributed by atoms with E-state index in [1.807, 2.05) is 6.07 Å². The molecule has 2 heterocycles. The molecule has 2 aromatic carbocycles. The lowest BCUT2D eigenvalue weighted by Crippen LogP contribution is -2.41. The Morgan fingerprint density at radius 1 is 1.11 bits per heavy atom.